The normalized spacial score (nSPS) is 16.7. The van der Waals surface area contributed by atoms with Crippen LogP contribution in [0.4, 0.5) is 0 Å². The largest absolute Gasteiger partial charge is 0.491 e. The first-order valence-electron chi connectivity index (χ1n) is 10.9. The molecule has 0 amide bonds. The second-order valence-corrected chi connectivity index (χ2v) is 9.15. The minimum atomic E-state index is -0.449. The van der Waals surface area contributed by atoms with Crippen LogP contribution >= 0.6 is 11.3 Å². The minimum Gasteiger partial charge on any atom is -0.491 e. The highest BCUT2D eigenvalue weighted by Crippen LogP contribution is 2.19. The van der Waals surface area contributed by atoms with E-state index in [4.69, 9.17) is 4.74 Å². The summed E-state index contributed by atoms with van der Waals surface area (Å²) in [5.41, 5.74) is 2.27. The third-order valence-electron chi connectivity index (χ3n) is 5.21. The first kappa shape index (κ1) is 22.2. The molecule has 1 atom stereocenters. The van der Waals surface area contributed by atoms with Crippen LogP contribution < -0.4 is 10.1 Å². The molecule has 0 radical (unpaired) electrons. The summed E-state index contributed by atoms with van der Waals surface area (Å²) < 4.78 is 5.86. The molecule has 0 unspecified atom stereocenters. The lowest BCUT2D eigenvalue weighted by molar-refractivity contribution is 0.0693. The molecule has 29 heavy (non-hydrogen) atoms. The van der Waals surface area contributed by atoms with Gasteiger partial charge in [-0.3, -0.25) is 0 Å². The van der Waals surface area contributed by atoms with Gasteiger partial charge in [-0.25, -0.2) is 4.98 Å². The first-order valence-corrected chi connectivity index (χ1v) is 11.8. The summed E-state index contributed by atoms with van der Waals surface area (Å²) in [4.78, 5) is 7.03. The van der Waals surface area contributed by atoms with Crippen LogP contribution in [0.25, 0.3) is 0 Å². The summed E-state index contributed by atoms with van der Waals surface area (Å²) in [6, 6.07) is 8.10. The van der Waals surface area contributed by atoms with Crippen LogP contribution in [-0.2, 0) is 13.1 Å². The molecule has 5 nitrogen and oxygen atoms in total. The maximum Gasteiger partial charge on any atom is 0.119 e. The van der Waals surface area contributed by atoms with E-state index < -0.39 is 6.10 Å². The van der Waals surface area contributed by atoms with E-state index in [1.54, 1.807) is 11.3 Å². The van der Waals surface area contributed by atoms with Gasteiger partial charge in [0.1, 0.15) is 18.5 Å². The number of nitrogens with one attached hydrogen (secondary N) is 1. The number of aliphatic hydroxyl groups is 1. The number of hydrogen-bond acceptors (Lipinski definition) is 6. The van der Waals surface area contributed by atoms with E-state index in [0.717, 1.165) is 37.6 Å². The molecule has 160 valence electrons. The number of aromatic nitrogens is 1. The van der Waals surface area contributed by atoms with Crippen molar-refractivity contribution in [2.75, 3.05) is 26.2 Å². The number of thiazole rings is 1. The van der Waals surface area contributed by atoms with Crippen molar-refractivity contribution in [3.63, 3.8) is 0 Å². The lowest BCUT2D eigenvalue weighted by Crippen LogP contribution is -2.36. The average molecular weight is 418 g/mol. The third-order valence-corrected chi connectivity index (χ3v) is 6.40. The molecule has 0 bridgehead atoms. The minimum absolute atomic E-state index is 0.337. The van der Waals surface area contributed by atoms with Crippen molar-refractivity contribution in [2.45, 2.75) is 64.6 Å². The quantitative estimate of drug-likeness (QED) is 0.608. The van der Waals surface area contributed by atoms with E-state index in [9.17, 15) is 5.11 Å². The van der Waals surface area contributed by atoms with Gasteiger partial charge in [0.2, 0.25) is 0 Å². The average Bonchev–Trinajstić information content (AvgIpc) is 3.04. The van der Waals surface area contributed by atoms with Crippen LogP contribution in [0.2, 0.25) is 0 Å². The van der Waals surface area contributed by atoms with Gasteiger partial charge in [0, 0.05) is 30.9 Å². The summed E-state index contributed by atoms with van der Waals surface area (Å²) in [6.07, 6.45) is 4.65. The van der Waals surface area contributed by atoms with Gasteiger partial charge in [-0.1, -0.05) is 38.8 Å². The van der Waals surface area contributed by atoms with Gasteiger partial charge in [0.15, 0.2) is 0 Å². The molecule has 1 fully saturated rings. The highest BCUT2D eigenvalue weighted by molar-refractivity contribution is 7.09. The molecule has 1 aliphatic heterocycles. The maximum absolute atomic E-state index is 10.3. The zero-order valence-corrected chi connectivity index (χ0v) is 18.6. The Hall–Kier alpha value is -1.47. The zero-order valence-electron chi connectivity index (χ0n) is 17.8. The molecule has 0 aliphatic carbocycles. The van der Waals surface area contributed by atoms with Crippen molar-refractivity contribution < 1.29 is 9.84 Å². The fraction of sp³-hybridized carbons (Fsp3) is 0.609. The second-order valence-electron chi connectivity index (χ2n) is 8.26. The summed E-state index contributed by atoms with van der Waals surface area (Å²) >= 11 is 1.73. The van der Waals surface area contributed by atoms with E-state index >= 15 is 0 Å². The van der Waals surface area contributed by atoms with Crippen molar-refractivity contribution in [3.05, 3.63) is 45.9 Å². The summed E-state index contributed by atoms with van der Waals surface area (Å²) in [5.74, 6) is 1.30. The van der Waals surface area contributed by atoms with Gasteiger partial charge in [0.05, 0.1) is 10.7 Å². The number of nitrogens with zero attached hydrogens (tertiary/aromatic N) is 2. The van der Waals surface area contributed by atoms with Crippen molar-refractivity contribution in [1.82, 2.24) is 15.2 Å². The van der Waals surface area contributed by atoms with Crippen LogP contribution in [-0.4, -0.2) is 47.3 Å². The highest BCUT2D eigenvalue weighted by Gasteiger charge is 2.14. The number of aliphatic hydroxyl groups excluding tert-OH is 1. The molecule has 1 saturated heterocycles. The molecule has 2 aromatic rings. The highest BCUT2D eigenvalue weighted by atomic mass is 32.1. The number of hydrogen-bond donors (Lipinski definition) is 2. The molecule has 2 heterocycles. The van der Waals surface area contributed by atoms with Gasteiger partial charge >= 0.3 is 0 Å². The molecule has 0 saturated carbocycles. The van der Waals surface area contributed by atoms with Crippen LogP contribution in [0.5, 0.6) is 5.75 Å². The molecule has 3 rings (SSSR count). The van der Waals surface area contributed by atoms with E-state index in [1.165, 1.54) is 36.3 Å². The molecular formula is C23H35N3O2S. The predicted octanol–water partition coefficient (Wildman–Crippen LogP) is 4.17. The van der Waals surface area contributed by atoms with Crippen LogP contribution in [0, 0.1) is 0 Å². The Balaban J connectivity index is 1.40. The van der Waals surface area contributed by atoms with Gasteiger partial charge in [0.25, 0.3) is 0 Å². The van der Waals surface area contributed by atoms with Gasteiger partial charge in [-0.05, 0) is 43.6 Å². The van der Waals surface area contributed by atoms with Crippen molar-refractivity contribution >= 4 is 11.3 Å². The van der Waals surface area contributed by atoms with Crippen molar-refractivity contribution in [1.29, 1.82) is 0 Å². The Morgan fingerprint density at radius 3 is 2.69 bits per heavy atom. The monoisotopic (exact) mass is 417 g/mol. The molecule has 0 spiro atoms. The van der Waals surface area contributed by atoms with E-state index in [2.05, 4.69) is 40.5 Å². The maximum atomic E-state index is 10.3. The first-order chi connectivity index (χ1) is 14.1. The molecule has 2 N–H and O–H groups in total. The van der Waals surface area contributed by atoms with E-state index in [0.29, 0.717) is 19.1 Å². The SMILES string of the molecule is CC(C)c1nc(CNCc2cccc(OC[C@H](O)CN3CCCCCC3)c2)cs1. The third kappa shape index (κ3) is 7.70. The van der Waals surface area contributed by atoms with Crippen LogP contribution in [0.15, 0.2) is 29.6 Å². The Kier molecular flexibility index (Phi) is 8.92. The number of β-amino-alcohol motifs (C(OH)–C–C–N with tert-alkyl or cyclic N) is 1. The fourth-order valence-corrected chi connectivity index (χ4v) is 4.45. The van der Waals surface area contributed by atoms with Gasteiger partial charge in [-0.15, -0.1) is 11.3 Å². The molecule has 6 heteroatoms. The predicted molar refractivity (Wildman–Crippen MR) is 120 cm³/mol. The standard InChI is InChI=1S/C23H35N3O2S/c1-18(2)23-25-20(17-29-23)14-24-13-19-8-7-9-22(12-19)28-16-21(27)15-26-10-5-3-4-6-11-26/h7-9,12,17-18,21,24,27H,3-6,10-11,13-16H2,1-2H3/t21-/m1/s1. The zero-order chi connectivity index (χ0) is 20.5. The summed E-state index contributed by atoms with van der Waals surface area (Å²) in [7, 11) is 0. The molecule has 1 aliphatic rings. The lowest BCUT2D eigenvalue weighted by Gasteiger charge is -2.23. The van der Waals surface area contributed by atoms with Crippen LogP contribution in [0.1, 0.15) is 61.7 Å². The van der Waals surface area contributed by atoms with Gasteiger partial charge < -0.3 is 20.1 Å². The Morgan fingerprint density at radius 2 is 1.97 bits per heavy atom. The number of benzene rings is 1. The number of ether oxygens (including phenoxy) is 1. The van der Waals surface area contributed by atoms with Crippen molar-refractivity contribution in [3.8, 4) is 5.75 Å². The summed E-state index contributed by atoms with van der Waals surface area (Å²) in [5, 5.41) is 17.1. The summed E-state index contributed by atoms with van der Waals surface area (Å²) in [6.45, 7) is 9.10. The second kappa shape index (κ2) is 11.6. The Morgan fingerprint density at radius 1 is 1.17 bits per heavy atom. The molecule has 1 aromatic carbocycles. The smallest absolute Gasteiger partial charge is 0.119 e. The lowest BCUT2D eigenvalue weighted by atomic mass is 10.2. The van der Waals surface area contributed by atoms with E-state index in [-0.39, 0.29) is 0 Å². The van der Waals surface area contributed by atoms with Gasteiger partial charge in [-0.2, -0.15) is 0 Å². The van der Waals surface area contributed by atoms with Crippen LogP contribution in [0.3, 0.4) is 0 Å². The molecular weight excluding hydrogens is 382 g/mol. The topological polar surface area (TPSA) is 57.6 Å². The Labute approximate surface area is 179 Å². The number of likely N-dealkylation sites (tertiary alicyclic amines) is 1. The fourth-order valence-electron chi connectivity index (χ4n) is 3.61. The van der Waals surface area contributed by atoms with Crippen molar-refractivity contribution in [2.24, 2.45) is 0 Å². The molecule has 1 aromatic heterocycles. The Bertz CT molecular complexity index is 726. The number of rotatable bonds is 10. The van der Waals surface area contributed by atoms with E-state index in [1.807, 2.05) is 18.2 Å².